The number of ketones is 2. The first-order chi connectivity index (χ1) is 7.52. The molecule has 0 aromatic heterocycles. The van der Waals surface area contributed by atoms with Gasteiger partial charge < -0.3 is 11.5 Å². The van der Waals surface area contributed by atoms with E-state index in [-0.39, 0.29) is 11.6 Å². The Balaban J connectivity index is 3.60. The molecule has 0 aliphatic rings. The summed E-state index contributed by atoms with van der Waals surface area (Å²) in [6.07, 6.45) is 0.945. The molecule has 4 nitrogen and oxygen atoms in total. The zero-order chi connectivity index (χ0) is 12.6. The first-order valence-electron chi connectivity index (χ1n) is 5.33. The van der Waals surface area contributed by atoms with Crippen molar-refractivity contribution >= 4 is 33.2 Å². The van der Waals surface area contributed by atoms with Crippen LogP contribution in [0.15, 0.2) is 0 Å². The van der Waals surface area contributed by atoms with Crippen molar-refractivity contribution in [3.8, 4) is 0 Å². The summed E-state index contributed by atoms with van der Waals surface area (Å²) in [5.41, 5.74) is 11.3. The molecule has 0 aliphatic heterocycles. The maximum absolute atomic E-state index is 11.2. The summed E-state index contributed by atoms with van der Waals surface area (Å²) < 4.78 is 0. The van der Waals surface area contributed by atoms with Crippen molar-refractivity contribution in [3.63, 3.8) is 0 Å². The van der Waals surface area contributed by atoms with Crippen LogP contribution in [0.25, 0.3) is 0 Å². The quantitative estimate of drug-likeness (QED) is 0.477. The van der Waals surface area contributed by atoms with Crippen LogP contribution in [0, 0.1) is 0 Å². The van der Waals surface area contributed by atoms with Crippen LogP contribution in [0.2, 0.25) is 0 Å². The van der Waals surface area contributed by atoms with E-state index in [2.05, 4.69) is 0 Å². The van der Waals surface area contributed by atoms with E-state index in [9.17, 15) is 9.59 Å². The first kappa shape index (κ1) is 16.0. The molecule has 0 bridgehead atoms. The summed E-state index contributed by atoms with van der Waals surface area (Å²) >= 11 is 0. The van der Waals surface area contributed by atoms with E-state index in [0.29, 0.717) is 24.3 Å². The van der Waals surface area contributed by atoms with Gasteiger partial charge in [0.2, 0.25) is 0 Å². The van der Waals surface area contributed by atoms with Gasteiger partial charge in [0.05, 0.1) is 12.1 Å². The lowest BCUT2D eigenvalue weighted by Gasteiger charge is -2.10. The molecule has 0 rings (SSSR count). The zero-order valence-electron chi connectivity index (χ0n) is 9.77. The van der Waals surface area contributed by atoms with Gasteiger partial charge in [0.25, 0.3) is 0 Å². The van der Waals surface area contributed by atoms with E-state index < -0.39 is 12.1 Å². The van der Waals surface area contributed by atoms with Crippen molar-refractivity contribution in [1.82, 2.24) is 0 Å². The van der Waals surface area contributed by atoms with Crippen LogP contribution in [0.4, 0.5) is 0 Å². The minimum Gasteiger partial charge on any atom is -0.321 e. The Bertz CT molecular complexity index is 213. The van der Waals surface area contributed by atoms with E-state index in [0.717, 1.165) is 0 Å². The van der Waals surface area contributed by atoms with E-state index >= 15 is 0 Å². The van der Waals surface area contributed by atoms with Gasteiger partial charge in [0.15, 0.2) is 0 Å². The zero-order valence-corrected chi connectivity index (χ0v) is 11.4. The van der Waals surface area contributed by atoms with Crippen molar-refractivity contribution in [2.24, 2.45) is 11.5 Å². The second-order valence-electron chi connectivity index (χ2n) is 3.42. The molecule has 0 aromatic rings. The minimum atomic E-state index is -0.402. The third-order valence-corrected chi connectivity index (χ3v) is 4.58. The fourth-order valence-corrected chi connectivity index (χ4v) is 3.27. The molecule has 0 saturated heterocycles. The fourth-order valence-electron chi connectivity index (χ4n) is 0.953. The molecule has 0 amide bonds. The van der Waals surface area contributed by atoms with E-state index in [1.54, 1.807) is 13.8 Å². The number of nitrogens with two attached hydrogens (primary N) is 2. The van der Waals surface area contributed by atoms with Crippen LogP contribution >= 0.6 is 21.6 Å². The summed E-state index contributed by atoms with van der Waals surface area (Å²) in [6, 6.07) is -0.804. The highest BCUT2D eigenvalue weighted by molar-refractivity contribution is 8.76. The smallest absolute Gasteiger partial charge is 0.150 e. The first-order valence-corrected chi connectivity index (χ1v) is 7.82. The molecule has 0 spiro atoms. The standard InChI is InChI=1S/C10H20N2O2S2/c1-3-9(13)7(11)5-15-16-6-8(12)10(14)4-2/h7-8H,3-6,11-12H2,1-2H3/t7-,8?/m0/s1. The summed E-state index contributed by atoms with van der Waals surface area (Å²) in [5.74, 6) is 1.29. The van der Waals surface area contributed by atoms with E-state index in [4.69, 9.17) is 11.5 Å². The Morgan fingerprint density at radius 3 is 1.50 bits per heavy atom. The van der Waals surface area contributed by atoms with Crippen molar-refractivity contribution in [3.05, 3.63) is 0 Å². The molecular weight excluding hydrogens is 244 g/mol. The van der Waals surface area contributed by atoms with Gasteiger partial charge >= 0.3 is 0 Å². The normalized spacial score (nSPS) is 14.5. The molecular formula is C10H20N2O2S2. The summed E-state index contributed by atoms with van der Waals surface area (Å²) in [6.45, 7) is 3.60. The van der Waals surface area contributed by atoms with Gasteiger partial charge in [-0.05, 0) is 0 Å². The number of carbonyl (C=O) groups excluding carboxylic acids is 2. The highest BCUT2D eigenvalue weighted by Crippen LogP contribution is 2.22. The van der Waals surface area contributed by atoms with Crippen LogP contribution in [0.5, 0.6) is 0 Å². The van der Waals surface area contributed by atoms with Crippen LogP contribution in [0.3, 0.4) is 0 Å². The van der Waals surface area contributed by atoms with Crippen LogP contribution in [-0.2, 0) is 9.59 Å². The SMILES string of the molecule is CCC(=O)C(N)CSSC[C@H](N)C(=O)CC. The molecule has 0 aliphatic carbocycles. The minimum absolute atomic E-state index is 0.0713. The Labute approximate surface area is 105 Å². The third kappa shape index (κ3) is 6.52. The van der Waals surface area contributed by atoms with E-state index in [1.807, 2.05) is 0 Å². The van der Waals surface area contributed by atoms with Crippen molar-refractivity contribution in [1.29, 1.82) is 0 Å². The number of Topliss-reactive ketones (excluding diaryl/α,β-unsaturated/α-hetero) is 2. The third-order valence-electron chi connectivity index (χ3n) is 2.10. The van der Waals surface area contributed by atoms with Crippen molar-refractivity contribution < 1.29 is 9.59 Å². The van der Waals surface area contributed by atoms with Crippen molar-refractivity contribution in [2.75, 3.05) is 11.5 Å². The summed E-state index contributed by atoms with van der Waals surface area (Å²) in [4.78, 5) is 22.3. The monoisotopic (exact) mass is 264 g/mol. The molecule has 0 aromatic carbocycles. The fraction of sp³-hybridized carbons (Fsp3) is 0.800. The maximum Gasteiger partial charge on any atom is 0.150 e. The summed E-state index contributed by atoms with van der Waals surface area (Å²) in [7, 11) is 3.00. The number of hydrogen-bond donors (Lipinski definition) is 2. The predicted octanol–water partition coefficient (Wildman–Crippen LogP) is 0.981. The Morgan fingerprint density at radius 1 is 0.938 bits per heavy atom. The van der Waals surface area contributed by atoms with Crippen LogP contribution in [-0.4, -0.2) is 35.2 Å². The molecule has 16 heavy (non-hydrogen) atoms. The van der Waals surface area contributed by atoms with Gasteiger partial charge in [-0.1, -0.05) is 35.4 Å². The molecule has 0 fully saturated rings. The average Bonchev–Trinajstić information content (AvgIpc) is 2.31. The lowest BCUT2D eigenvalue weighted by Crippen LogP contribution is -2.33. The van der Waals surface area contributed by atoms with Crippen LogP contribution in [0.1, 0.15) is 26.7 Å². The molecule has 1 unspecified atom stereocenters. The predicted molar refractivity (Wildman–Crippen MR) is 71.5 cm³/mol. The second kappa shape index (κ2) is 9.04. The Hall–Kier alpha value is -0.0400. The van der Waals surface area contributed by atoms with E-state index in [1.165, 1.54) is 21.6 Å². The lowest BCUT2D eigenvalue weighted by molar-refractivity contribution is -0.120. The molecule has 0 saturated carbocycles. The molecule has 6 heteroatoms. The highest BCUT2D eigenvalue weighted by Gasteiger charge is 2.13. The van der Waals surface area contributed by atoms with Gasteiger partial charge in [-0.3, -0.25) is 9.59 Å². The van der Waals surface area contributed by atoms with Crippen molar-refractivity contribution in [2.45, 2.75) is 38.8 Å². The lowest BCUT2D eigenvalue weighted by atomic mass is 10.2. The summed E-state index contributed by atoms with van der Waals surface area (Å²) in [5, 5.41) is 0. The number of rotatable bonds is 9. The largest absolute Gasteiger partial charge is 0.321 e. The molecule has 0 radical (unpaired) electrons. The topological polar surface area (TPSA) is 86.2 Å². The average molecular weight is 264 g/mol. The second-order valence-corrected chi connectivity index (χ2v) is 5.97. The molecule has 2 atom stereocenters. The van der Waals surface area contributed by atoms with Gasteiger partial charge in [-0.15, -0.1) is 0 Å². The van der Waals surface area contributed by atoms with Gasteiger partial charge in [-0.25, -0.2) is 0 Å². The molecule has 4 N–H and O–H groups in total. The van der Waals surface area contributed by atoms with Gasteiger partial charge in [-0.2, -0.15) is 0 Å². The Morgan fingerprint density at radius 2 is 1.25 bits per heavy atom. The number of hydrogen-bond acceptors (Lipinski definition) is 6. The van der Waals surface area contributed by atoms with Gasteiger partial charge in [0, 0.05) is 24.3 Å². The Kier molecular flexibility index (Phi) is 9.02. The highest BCUT2D eigenvalue weighted by atomic mass is 33.1. The maximum atomic E-state index is 11.2. The molecule has 0 heterocycles. The number of carbonyl (C=O) groups is 2. The molecule has 94 valence electrons. The van der Waals surface area contributed by atoms with Crippen LogP contribution < -0.4 is 11.5 Å². The van der Waals surface area contributed by atoms with Gasteiger partial charge in [0.1, 0.15) is 11.6 Å².